The molecule has 1 amide bonds. The first-order chi connectivity index (χ1) is 12.9. The highest BCUT2D eigenvalue weighted by Gasteiger charge is 2.41. The van der Waals surface area contributed by atoms with E-state index in [2.05, 4.69) is 0 Å². The van der Waals surface area contributed by atoms with Crippen LogP contribution in [0.3, 0.4) is 0 Å². The molecule has 2 rings (SSSR count). The summed E-state index contributed by atoms with van der Waals surface area (Å²) in [5.41, 5.74) is -2.00. The van der Waals surface area contributed by atoms with Crippen LogP contribution >= 0.6 is 0 Å². The second-order valence-electron chi connectivity index (χ2n) is 5.48. The molecule has 3 nitrogen and oxygen atoms in total. The van der Waals surface area contributed by atoms with Gasteiger partial charge in [0.2, 0.25) is 5.91 Å². The predicted octanol–water partition coefficient (Wildman–Crippen LogP) is 4.89. The van der Waals surface area contributed by atoms with Gasteiger partial charge in [-0.25, -0.2) is 26.3 Å². The highest BCUT2D eigenvalue weighted by atomic mass is 19.4. The first kappa shape index (κ1) is 21.4. The topological polar surface area (TPSA) is 41.1 Å². The highest BCUT2D eigenvalue weighted by Crippen LogP contribution is 2.29. The molecule has 0 saturated heterocycles. The molecule has 0 aromatic heterocycles. The summed E-state index contributed by atoms with van der Waals surface area (Å²) in [6.45, 7) is 0. The quantitative estimate of drug-likeness (QED) is 0.538. The molecule has 0 aliphatic carbocycles. The van der Waals surface area contributed by atoms with E-state index < -0.39 is 70.8 Å². The molecular weight excluding hydrogens is 407 g/mol. The number of carbonyl (C=O) groups is 1. The van der Waals surface area contributed by atoms with Crippen LogP contribution < -0.4 is 10.6 Å². The summed E-state index contributed by atoms with van der Waals surface area (Å²) in [6.07, 6.45) is -6.64. The van der Waals surface area contributed by atoms with E-state index in [1.165, 1.54) is 5.32 Å². The number of rotatable bonds is 5. The lowest BCUT2D eigenvalue weighted by Crippen LogP contribution is -2.39. The lowest BCUT2D eigenvalue weighted by molar-refractivity contribution is -0.148. The van der Waals surface area contributed by atoms with E-state index in [-0.39, 0.29) is 24.3 Å². The number of anilines is 2. The zero-order valence-electron chi connectivity index (χ0n) is 13.4. The van der Waals surface area contributed by atoms with Gasteiger partial charge in [0.05, 0.1) is 17.8 Å². The van der Waals surface area contributed by atoms with Crippen molar-refractivity contribution in [3.63, 3.8) is 0 Å². The van der Waals surface area contributed by atoms with Gasteiger partial charge >= 0.3 is 6.18 Å². The number of alkyl halides is 3. The standard InChI is InChI=1S/C16H9F9N2O/c17-6-1-10(21)12(3-8(6)19)26-14(16(23,24)25)5-15(28)27-13-4-9(20)7(18)2-11(13)22/h1-4,14,26H,5H2,(H,27,28). The Kier molecular flexibility index (Phi) is 6.10. The van der Waals surface area contributed by atoms with Crippen LogP contribution in [0, 0.1) is 34.9 Å². The van der Waals surface area contributed by atoms with Gasteiger partial charge in [0.1, 0.15) is 17.7 Å². The summed E-state index contributed by atoms with van der Waals surface area (Å²) in [5.74, 6) is -10.9. The van der Waals surface area contributed by atoms with Crippen molar-refractivity contribution in [3.05, 3.63) is 59.2 Å². The Bertz CT molecular complexity index is 899. The lowest BCUT2D eigenvalue weighted by atomic mass is 10.1. The van der Waals surface area contributed by atoms with Crippen molar-refractivity contribution in [2.75, 3.05) is 10.6 Å². The third-order valence-corrected chi connectivity index (χ3v) is 3.41. The van der Waals surface area contributed by atoms with Crippen LogP contribution in [0.15, 0.2) is 24.3 Å². The molecule has 2 aromatic carbocycles. The Morgan fingerprint density at radius 3 is 1.68 bits per heavy atom. The maximum absolute atomic E-state index is 13.5. The zero-order chi connectivity index (χ0) is 21.2. The van der Waals surface area contributed by atoms with Crippen LogP contribution in [0.4, 0.5) is 50.9 Å². The van der Waals surface area contributed by atoms with Gasteiger partial charge < -0.3 is 10.6 Å². The molecule has 2 aromatic rings. The van der Waals surface area contributed by atoms with E-state index in [4.69, 9.17) is 0 Å². The van der Waals surface area contributed by atoms with Crippen molar-refractivity contribution in [1.82, 2.24) is 0 Å². The molecule has 1 unspecified atom stereocenters. The summed E-state index contributed by atoms with van der Waals surface area (Å²) < 4.78 is 118. The summed E-state index contributed by atoms with van der Waals surface area (Å²) in [5, 5.41) is 3.13. The van der Waals surface area contributed by atoms with Crippen molar-refractivity contribution in [3.8, 4) is 0 Å². The van der Waals surface area contributed by atoms with Crippen LogP contribution in [0.5, 0.6) is 0 Å². The summed E-state index contributed by atoms with van der Waals surface area (Å²) >= 11 is 0. The van der Waals surface area contributed by atoms with Crippen LogP contribution in [-0.4, -0.2) is 18.1 Å². The zero-order valence-corrected chi connectivity index (χ0v) is 13.4. The molecule has 152 valence electrons. The molecule has 0 aliphatic heterocycles. The molecule has 12 heteroatoms. The molecule has 0 spiro atoms. The number of amides is 1. The Morgan fingerprint density at radius 2 is 1.18 bits per heavy atom. The predicted molar refractivity (Wildman–Crippen MR) is 79.3 cm³/mol. The third kappa shape index (κ3) is 5.08. The lowest BCUT2D eigenvalue weighted by Gasteiger charge is -2.22. The van der Waals surface area contributed by atoms with Crippen LogP contribution in [0.25, 0.3) is 0 Å². The fourth-order valence-corrected chi connectivity index (χ4v) is 2.07. The minimum Gasteiger partial charge on any atom is -0.371 e. The second kappa shape index (κ2) is 7.98. The number of hydrogen-bond acceptors (Lipinski definition) is 2. The van der Waals surface area contributed by atoms with Gasteiger partial charge in [0.15, 0.2) is 23.3 Å². The van der Waals surface area contributed by atoms with E-state index in [1.54, 1.807) is 5.32 Å². The van der Waals surface area contributed by atoms with Crippen LogP contribution in [0.1, 0.15) is 6.42 Å². The molecule has 0 saturated carbocycles. The Balaban J connectivity index is 2.20. The minimum absolute atomic E-state index is 0.00183. The van der Waals surface area contributed by atoms with Gasteiger partial charge in [-0.2, -0.15) is 13.2 Å². The fraction of sp³-hybridized carbons (Fsp3) is 0.188. The average molecular weight is 416 g/mol. The van der Waals surface area contributed by atoms with Gasteiger partial charge in [0, 0.05) is 24.3 Å². The monoisotopic (exact) mass is 416 g/mol. The number of nitrogens with one attached hydrogen (secondary N) is 2. The van der Waals surface area contributed by atoms with E-state index in [9.17, 15) is 44.3 Å². The first-order valence-electron chi connectivity index (χ1n) is 7.30. The number of hydrogen-bond donors (Lipinski definition) is 2. The number of benzene rings is 2. The number of halogens is 9. The van der Waals surface area contributed by atoms with Crippen molar-refractivity contribution in [2.45, 2.75) is 18.6 Å². The van der Waals surface area contributed by atoms with Crippen molar-refractivity contribution in [1.29, 1.82) is 0 Å². The molecular formula is C16H9F9N2O. The molecule has 0 heterocycles. The van der Waals surface area contributed by atoms with Crippen molar-refractivity contribution >= 4 is 17.3 Å². The minimum atomic E-state index is -5.17. The summed E-state index contributed by atoms with van der Waals surface area (Å²) in [4.78, 5) is 11.8. The third-order valence-electron chi connectivity index (χ3n) is 3.41. The van der Waals surface area contributed by atoms with Gasteiger partial charge in [0.25, 0.3) is 0 Å². The second-order valence-corrected chi connectivity index (χ2v) is 5.48. The van der Waals surface area contributed by atoms with Gasteiger partial charge in [-0.15, -0.1) is 0 Å². The maximum Gasteiger partial charge on any atom is 0.409 e. The van der Waals surface area contributed by atoms with E-state index in [0.29, 0.717) is 0 Å². The highest BCUT2D eigenvalue weighted by molar-refractivity contribution is 5.91. The van der Waals surface area contributed by atoms with E-state index in [1.807, 2.05) is 0 Å². The van der Waals surface area contributed by atoms with Crippen molar-refractivity contribution in [2.24, 2.45) is 0 Å². The normalized spacial score (nSPS) is 12.6. The molecule has 0 bridgehead atoms. The smallest absolute Gasteiger partial charge is 0.371 e. The van der Waals surface area contributed by atoms with Gasteiger partial charge in [-0.1, -0.05) is 0 Å². The van der Waals surface area contributed by atoms with Gasteiger partial charge in [-0.3, -0.25) is 4.79 Å². The SMILES string of the molecule is O=C(CC(Nc1cc(F)c(F)cc1F)C(F)(F)F)Nc1cc(F)c(F)cc1F. The molecule has 2 N–H and O–H groups in total. The average Bonchev–Trinajstić information content (AvgIpc) is 2.56. The van der Waals surface area contributed by atoms with Gasteiger partial charge in [-0.05, 0) is 0 Å². The Morgan fingerprint density at radius 1 is 0.750 bits per heavy atom. The van der Waals surface area contributed by atoms with Crippen LogP contribution in [0.2, 0.25) is 0 Å². The first-order valence-corrected chi connectivity index (χ1v) is 7.30. The maximum atomic E-state index is 13.5. The molecule has 28 heavy (non-hydrogen) atoms. The molecule has 0 aliphatic rings. The Labute approximate surface area is 151 Å². The molecule has 1 atom stereocenters. The van der Waals surface area contributed by atoms with Crippen LogP contribution in [-0.2, 0) is 4.79 Å². The largest absolute Gasteiger partial charge is 0.409 e. The molecule has 0 radical (unpaired) electrons. The van der Waals surface area contributed by atoms with Crippen molar-refractivity contribution < 1.29 is 44.3 Å². The fourth-order valence-electron chi connectivity index (χ4n) is 2.07. The summed E-state index contributed by atoms with van der Waals surface area (Å²) in [6, 6.07) is -2.38. The number of carbonyl (C=O) groups excluding carboxylic acids is 1. The van der Waals surface area contributed by atoms with E-state index in [0.717, 1.165) is 0 Å². The Hall–Kier alpha value is -2.92. The van der Waals surface area contributed by atoms with E-state index >= 15 is 0 Å². The molecule has 0 fully saturated rings. The summed E-state index contributed by atoms with van der Waals surface area (Å²) in [7, 11) is 0.